The van der Waals surface area contributed by atoms with Crippen LogP contribution >= 0.6 is 0 Å². The minimum absolute atomic E-state index is 0.297. The predicted octanol–water partition coefficient (Wildman–Crippen LogP) is 1.35. The third-order valence-corrected chi connectivity index (χ3v) is 3.86. The molecule has 2 heterocycles. The van der Waals surface area contributed by atoms with Crippen LogP contribution in [0.25, 0.3) is 0 Å². The molecular weight excluding hydrogens is 268 g/mol. The average molecular weight is 283 g/mol. The number of ether oxygens (including phenoxy) is 1. The summed E-state index contributed by atoms with van der Waals surface area (Å²) in [4.78, 5) is 21.5. The topological polar surface area (TPSA) is 55.3 Å². The summed E-state index contributed by atoms with van der Waals surface area (Å²) in [6, 6.07) is 0. The fourth-order valence-corrected chi connectivity index (χ4v) is 2.67. The summed E-state index contributed by atoms with van der Waals surface area (Å²) in [6.45, 7) is 3.24. The van der Waals surface area contributed by atoms with Gasteiger partial charge in [-0.25, -0.2) is 23.5 Å². The van der Waals surface area contributed by atoms with Gasteiger partial charge in [0.2, 0.25) is 0 Å². The summed E-state index contributed by atoms with van der Waals surface area (Å²) >= 11 is 0. The van der Waals surface area contributed by atoms with Gasteiger partial charge in [-0.05, 0) is 6.92 Å². The molecular formula is C13H15F2N3O2. The Morgan fingerprint density at radius 3 is 2.55 bits per heavy atom. The van der Waals surface area contributed by atoms with Gasteiger partial charge in [-0.1, -0.05) is 0 Å². The third kappa shape index (κ3) is 2.26. The van der Waals surface area contributed by atoms with Gasteiger partial charge in [-0.3, -0.25) is 4.90 Å². The van der Waals surface area contributed by atoms with E-state index >= 15 is 0 Å². The van der Waals surface area contributed by atoms with Crippen molar-refractivity contribution in [1.29, 1.82) is 0 Å². The van der Waals surface area contributed by atoms with Gasteiger partial charge in [-0.15, -0.1) is 0 Å². The first-order chi connectivity index (χ1) is 9.52. The zero-order valence-electron chi connectivity index (χ0n) is 11.1. The molecule has 1 aliphatic carbocycles. The minimum Gasteiger partial charge on any atom is -0.462 e. The maximum atomic E-state index is 13.1. The Labute approximate surface area is 115 Å². The highest BCUT2D eigenvalue weighted by Gasteiger charge is 2.71. The van der Waals surface area contributed by atoms with Crippen molar-refractivity contribution in [2.45, 2.75) is 19.4 Å². The van der Waals surface area contributed by atoms with Crippen LogP contribution in [0.1, 0.15) is 23.1 Å². The van der Waals surface area contributed by atoms with E-state index in [1.165, 1.54) is 12.4 Å². The van der Waals surface area contributed by atoms with E-state index in [0.717, 1.165) is 0 Å². The van der Waals surface area contributed by atoms with E-state index in [-0.39, 0.29) is 0 Å². The maximum absolute atomic E-state index is 13.1. The second-order valence-corrected chi connectivity index (χ2v) is 5.19. The lowest BCUT2D eigenvalue weighted by Gasteiger charge is -2.18. The molecule has 2 unspecified atom stereocenters. The molecule has 0 spiro atoms. The first-order valence-electron chi connectivity index (χ1n) is 6.60. The van der Waals surface area contributed by atoms with E-state index in [9.17, 15) is 13.6 Å². The van der Waals surface area contributed by atoms with Gasteiger partial charge in [-0.2, -0.15) is 0 Å². The number of carbonyl (C=O) groups is 1. The molecule has 108 valence electrons. The Morgan fingerprint density at radius 2 is 2.00 bits per heavy atom. The highest BCUT2D eigenvalue weighted by atomic mass is 19.3. The number of esters is 1. The normalized spacial score (nSPS) is 27.1. The van der Waals surface area contributed by atoms with Gasteiger partial charge in [0.25, 0.3) is 5.92 Å². The molecule has 7 heteroatoms. The molecule has 2 aliphatic rings. The van der Waals surface area contributed by atoms with Crippen LogP contribution in [0.3, 0.4) is 0 Å². The zero-order valence-corrected chi connectivity index (χ0v) is 11.1. The molecule has 0 aromatic carbocycles. The van der Waals surface area contributed by atoms with Gasteiger partial charge < -0.3 is 4.74 Å². The molecule has 0 amide bonds. The van der Waals surface area contributed by atoms with Crippen LogP contribution in [0.15, 0.2) is 12.4 Å². The largest absolute Gasteiger partial charge is 0.462 e. The first-order valence-corrected chi connectivity index (χ1v) is 6.60. The quantitative estimate of drug-likeness (QED) is 0.781. The molecule has 1 aliphatic heterocycles. The molecule has 1 aromatic rings. The summed E-state index contributed by atoms with van der Waals surface area (Å²) in [5.74, 6) is -3.39. The Balaban J connectivity index is 1.56. The Bertz CT molecular complexity index is 507. The van der Waals surface area contributed by atoms with E-state index in [2.05, 4.69) is 9.97 Å². The van der Waals surface area contributed by atoms with Gasteiger partial charge in [0, 0.05) is 37.3 Å². The van der Waals surface area contributed by atoms with E-state index < -0.39 is 23.7 Å². The second kappa shape index (κ2) is 4.73. The second-order valence-electron chi connectivity index (χ2n) is 5.19. The van der Waals surface area contributed by atoms with Crippen molar-refractivity contribution in [3.05, 3.63) is 23.8 Å². The number of alkyl halides is 2. The predicted molar refractivity (Wildman–Crippen MR) is 65.2 cm³/mol. The van der Waals surface area contributed by atoms with Crippen LogP contribution in [0.5, 0.6) is 0 Å². The number of hydrogen-bond donors (Lipinski definition) is 0. The van der Waals surface area contributed by atoms with Gasteiger partial charge >= 0.3 is 5.97 Å². The average Bonchev–Trinajstić information content (AvgIpc) is 2.79. The SMILES string of the molecule is CCOC(=O)c1cnc(CN2CC3C(C2)C3(F)F)nc1. The monoisotopic (exact) mass is 283 g/mol. The summed E-state index contributed by atoms with van der Waals surface area (Å²) in [6.07, 6.45) is 2.82. The molecule has 0 N–H and O–H groups in total. The van der Waals surface area contributed by atoms with Crippen molar-refractivity contribution in [2.24, 2.45) is 11.8 Å². The standard InChI is InChI=1S/C13H15F2N3O2/c1-2-20-12(19)8-3-16-11(17-4-8)7-18-5-9-10(6-18)13(9,14)15/h3-4,9-10H,2,5-7H2,1H3. The van der Waals surface area contributed by atoms with Crippen molar-refractivity contribution >= 4 is 5.97 Å². The van der Waals surface area contributed by atoms with Gasteiger partial charge in [0.05, 0.1) is 18.7 Å². The molecule has 1 aromatic heterocycles. The van der Waals surface area contributed by atoms with Crippen LogP contribution in [0, 0.1) is 11.8 Å². The number of piperidine rings is 1. The molecule has 3 rings (SSSR count). The number of fused-ring (bicyclic) bond motifs is 1. The maximum Gasteiger partial charge on any atom is 0.341 e. The molecule has 1 saturated heterocycles. The van der Waals surface area contributed by atoms with Crippen molar-refractivity contribution < 1.29 is 18.3 Å². The Morgan fingerprint density at radius 1 is 1.40 bits per heavy atom. The number of likely N-dealkylation sites (tertiary alicyclic amines) is 1. The number of carbonyl (C=O) groups excluding carboxylic acids is 1. The van der Waals surface area contributed by atoms with Crippen molar-refractivity contribution in [2.75, 3.05) is 19.7 Å². The lowest BCUT2D eigenvalue weighted by Crippen LogP contribution is -2.28. The van der Waals surface area contributed by atoms with E-state index in [1.807, 2.05) is 4.90 Å². The highest BCUT2D eigenvalue weighted by Crippen LogP contribution is 2.59. The number of rotatable bonds is 4. The van der Waals surface area contributed by atoms with Gasteiger partial charge in [0.15, 0.2) is 0 Å². The highest BCUT2D eigenvalue weighted by molar-refractivity contribution is 5.88. The fourth-order valence-electron chi connectivity index (χ4n) is 2.67. The van der Waals surface area contributed by atoms with Crippen LogP contribution in [-0.4, -0.2) is 46.5 Å². The van der Waals surface area contributed by atoms with Crippen molar-refractivity contribution in [3.8, 4) is 0 Å². The van der Waals surface area contributed by atoms with E-state index in [1.54, 1.807) is 6.92 Å². The number of aromatic nitrogens is 2. The van der Waals surface area contributed by atoms with Crippen molar-refractivity contribution in [1.82, 2.24) is 14.9 Å². The van der Waals surface area contributed by atoms with Crippen LogP contribution in [0.2, 0.25) is 0 Å². The van der Waals surface area contributed by atoms with E-state index in [0.29, 0.717) is 37.6 Å². The molecule has 1 saturated carbocycles. The third-order valence-electron chi connectivity index (χ3n) is 3.86. The summed E-state index contributed by atoms with van der Waals surface area (Å²) in [5, 5.41) is 0. The lowest BCUT2D eigenvalue weighted by molar-refractivity contribution is 0.0506. The Hall–Kier alpha value is -1.63. The van der Waals surface area contributed by atoms with Crippen molar-refractivity contribution in [3.63, 3.8) is 0 Å². The summed E-state index contributed by atoms with van der Waals surface area (Å²) < 4.78 is 30.9. The van der Waals surface area contributed by atoms with Crippen LogP contribution in [0.4, 0.5) is 8.78 Å². The van der Waals surface area contributed by atoms with Crippen LogP contribution in [-0.2, 0) is 11.3 Å². The summed E-state index contributed by atoms with van der Waals surface area (Å²) in [5.41, 5.74) is 0.298. The fraction of sp³-hybridized carbons (Fsp3) is 0.615. The number of nitrogens with zero attached hydrogens (tertiary/aromatic N) is 3. The first kappa shape index (κ1) is 13.4. The smallest absolute Gasteiger partial charge is 0.341 e. The van der Waals surface area contributed by atoms with Gasteiger partial charge in [0.1, 0.15) is 5.82 Å². The number of hydrogen-bond acceptors (Lipinski definition) is 5. The number of halogens is 2. The molecule has 0 bridgehead atoms. The molecule has 2 fully saturated rings. The van der Waals surface area contributed by atoms with Crippen LogP contribution < -0.4 is 0 Å². The molecule has 20 heavy (non-hydrogen) atoms. The summed E-state index contributed by atoms with van der Waals surface area (Å²) in [7, 11) is 0. The molecule has 2 atom stereocenters. The lowest BCUT2D eigenvalue weighted by atomic mass is 10.3. The minimum atomic E-state index is -2.47. The Kier molecular flexibility index (Phi) is 3.16. The zero-order chi connectivity index (χ0) is 14.3. The van der Waals surface area contributed by atoms with E-state index in [4.69, 9.17) is 4.74 Å². The molecule has 0 radical (unpaired) electrons. The molecule has 5 nitrogen and oxygen atoms in total.